The number of aromatic amines is 1. The van der Waals surface area contributed by atoms with Gasteiger partial charge in [0.05, 0.1) is 11.6 Å². The van der Waals surface area contributed by atoms with Gasteiger partial charge >= 0.3 is 0 Å². The summed E-state index contributed by atoms with van der Waals surface area (Å²) < 4.78 is 11.3. The van der Waals surface area contributed by atoms with Gasteiger partial charge < -0.3 is 14.9 Å². The number of nitrogens with one attached hydrogen (secondary N) is 1. The molecule has 0 radical (unpaired) electrons. The van der Waals surface area contributed by atoms with Gasteiger partial charge in [0.25, 0.3) is 0 Å². The van der Waals surface area contributed by atoms with Crippen molar-refractivity contribution in [3.05, 3.63) is 76.2 Å². The van der Waals surface area contributed by atoms with Crippen LogP contribution in [0.3, 0.4) is 0 Å². The Balaban J connectivity index is 1.60. The number of unbranched alkanes of at least 4 members (excludes halogenated alkanes) is 3. The van der Waals surface area contributed by atoms with E-state index in [2.05, 4.69) is 27.5 Å². The molecule has 0 unspecified atom stereocenters. The number of aromatic nitrogens is 4. The highest BCUT2D eigenvalue weighted by molar-refractivity contribution is 6.16. The fourth-order valence-electron chi connectivity index (χ4n) is 3.41. The van der Waals surface area contributed by atoms with E-state index in [0.29, 0.717) is 11.3 Å². The van der Waals surface area contributed by atoms with Crippen molar-refractivity contribution in [2.45, 2.75) is 32.6 Å². The second-order valence-corrected chi connectivity index (χ2v) is 7.43. The molecule has 168 valence electrons. The molecule has 33 heavy (non-hydrogen) atoms. The second kappa shape index (κ2) is 9.90. The lowest BCUT2D eigenvalue weighted by atomic mass is 9.98. The molecule has 0 aliphatic rings. The van der Waals surface area contributed by atoms with Gasteiger partial charge in [-0.05, 0) is 54.5 Å². The third-order valence-electron chi connectivity index (χ3n) is 5.14. The van der Waals surface area contributed by atoms with Gasteiger partial charge in [0.2, 0.25) is 17.0 Å². The first-order chi connectivity index (χ1) is 16.1. The van der Waals surface area contributed by atoms with Crippen molar-refractivity contribution < 1.29 is 13.9 Å². The Morgan fingerprint density at radius 1 is 1.18 bits per heavy atom. The van der Waals surface area contributed by atoms with E-state index in [1.54, 1.807) is 48.7 Å². The van der Waals surface area contributed by atoms with Gasteiger partial charge in [-0.25, -0.2) is 0 Å². The summed E-state index contributed by atoms with van der Waals surface area (Å²) in [7, 11) is 0. The maximum absolute atomic E-state index is 13.2. The maximum Gasteiger partial charge on any atom is 0.242 e. The lowest BCUT2D eigenvalue weighted by Gasteiger charge is -2.08. The second-order valence-electron chi connectivity index (χ2n) is 7.43. The molecule has 4 aromatic rings. The lowest BCUT2D eigenvalue weighted by Crippen LogP contribution is -2.14. The molecule has 0 aliphatic heterocycles. The number of nitrogens with two attached hydrogens (primary N) is 1. The van der Waals surface area contributed by atoms with Crippen LogP contribution in [0, 0.1) is 0 Å². The minimum absolute atomic E-state index is 0.00454. The zero-order chi connectivity index (χ0) is 23.2. The number of benzene rings is 2. The normalized spacial score (nSPS) is 11.3. The number of H-pyrrole nitrogens is 1. The molecule has 9 heteroatoms. The van der Waals surface area contributed by atoms with Crippen molar-refractivity contribution in [2.75, 3.05) is 5.73 Å². The molecule has 0 saturated heterocycles. The topological polar surface area (TPSA) is 137 Å². The summed E-state index contributed by atoms with van der Waals surface area (Å²) in [6.45, 7) is 2.16. The van der Waals surface area contributed by atoms with Crippen LogP contribution < -0.4 is 15.9 Å². The van der Waals surface area contributed by atoms with E-state index < -0.39 is 5.43 Å². The van der Waals surface area contributed by atoms with E-state index in [4.69, 9.17) is 14.9 Å². The van der Waals surface area contributed by atoms with Gasteiger partial charge in [-0.15, -0.1) is 10.2 Å². The number of fused-ring (bicyclic) bond motifs is 1. The molecule has 0 atom stereocenters. The van der Waals surface area contributed by atoms with E-state index in [1.165, 1.54) is 12.8 Å². The van der Waals surface area contributed by atoms with Crippen molar-refractivity contribution in [1.82, 2.24) is 20.6 Å². The van der Waals surface area contributed by atoms with Crippen molar-refractivity contribution in [3.63, 3.8) is 0 Å². The van der Waals surface area contributed by atoms with Crippen LogP contribution in [-0.2, 0) is 0 Å². The number of hydrogen-bond acceptors (Lipinski definition) is 8. The van der Waals surface area contributed by atoms with Crippen molar-refractivity contribution in [3.8, 4) is 17.3 Å². The molecule has 9 nitrogen and oxygen atoms in total. The lowest BCUT2D eigenvalue weighted by molar-refractivity contribution is 0.104. The quantitative estimate of drug-likeness (QED) is 0.221. The van der Waals surface area contributed by atoms with Gasteiger partial charge in [-0.2, -0.15) is 5.21 Å². The summed E-state index contributed by atoms with van der Waals surface area (Å²) in [6, 6.07) is 11.5. The van der Waals surface area contributed by atoms with Crippen molar-refractivity contribution >= 4 is 22.4 Å². The number of anilines is 1. The van der Waals surface area contributed by atoms with Crippen LogP contribution in [0.25, 0.3) is 22.6 Å². The minimum Gasteiger partial charge on any atom is -0.465 e. The minimum atomic E-state index is -0.534. The summed E-state index contributed by atoms with van der Waals surface area (Å²) in [5.74, 6) is 0.333. The molecule has 0 bridgehead atoms. The van der Waals surface area contributed by atoms with Crippen molar-refractivity contribution in [1.29, 1.82) is 0 Å². The molecule has 0 amide bonds. The molecule has 2 aromatic carbocycles. The molecule has 0 saturated carbocycles. The largest absolute Gasteiger partial charge is 0.465 e. The summed E-state index contributed by atoms with van der Waals surface area (Å²) >= 11 is 0. The standard InChI is InChI=1S/C24H23N5O4/c1-2-3-4-5-6-14-32-16-12-10-15(11-13-16)21(30)17-8-7-9-18-19(17)22(31)20(25)23(33-18)24-26-28-29-27-24/h6-14H,2-5,25H2,1H3,(H,26,27,28,29)/b14-6+. The number of ketones is 1. The molecular weight excluding hydrogens is 422 g/mol. The van der Waals surface area contributed by atoms with E-state index in [1.807, 2.05) is 6.08 Å². The summed E-state index contributed by atoms with van der Waals surface area (Å²) in [5.41, 5.74) is 6.06. The summed E-state index contributed by atoms with van der Waals surface area (Å²) in [6.07, 6.45) is 8.10. The Bertz CT molecular complexity index is 1340. The molecule has 2 aromatic heterocycles. The fourth-order valence-corrected chi connectivity index (χ4v) is 3.41. The Labute approximate surface area is 189 Å². The zero-order valence-electron chi connectivity index (χ0n) is 18.1. The number of rotatable bonds is 9. The molecule has 2 heterocycles. The van der Waals surface area contributed by atoms with Crippen LogP contribution in [0.15, 0.2) is 64.0 Å². The first-order valence-corrected chi connectivity index (χ1v) is 10.7. The van der Waals surface area contributed by atoms with E-state index in [-0.39, 0.29) is 39.6 Å². The Kier molecular flexibility index (Phi) is 6.58. The highest BCUT2D eigenvalue weighted by Gasteiger charge is 2.21. The summed E-state index contributed by atoms with van der Waals surface area (Å²) in [5, 5.41) is 13.4. The number of carbonyl (C=O) groups excluding carboxylic acids is 1. The fraction of sp³-hybridized carbons (Fsp3) is 0.208. The average Bonchev–Trinajstić information content (AvgIpc) is 3.38. The van der Waals surface area contributed by atoms with E-state index in [0.717, 1.165) is 12.8 Å². The maximum atomic E-state index is 13.2. The highest BCUT2D eigenvalue weighted by atomic mass is 16.5. The molecule has 0 spiro atoms. The third kappa shape index (κ3) is 4.67. The molecule has 4 rings (SSSR count). The monoisotopic (exact) mass is 445 g/mol. The Morgan fingerprint density at radius 3 is 2.73 bits per heavy atom. The number of nitrogens with zero attached hydrogens (tertiary/aromatic N) is 3. The Morgan fingerprint density at radius 2 is 2.00 bits per heavy atom. The highest BCUT2D eigenvalue weighted by Crippen LogP contribution is 2.27. The van der Waals surface area contributed by atoms with Gasteiger partial charge in [0, 0.05) is 11.1 Å². The molecule has 0 aliphatic carbocycles. The average molecular weight is 445 g/mol. The summed E-state index contributed by atoms with van der Waals surface area (Å²) in [4.78, 5) is 26.2. The van der Waals surface area contributed by atoms with E-state index >= 15 is 0 Å². The predicted molar refractivity (Wildman–Crippen MR) is 124 cm³/mol. The number of nitrogen functional groups attached to an aromatic ring is 1. The first-order valence-electron chi connectivity index (χ1n) is 10.7. The van der Waals surface area contributed by atoms with Gasteiger partial charge in [-0.1, -0.05) is 31.9 Å². The number of tetrazole rings is 1. The Hall–Kier alpha value is -4.27. The molecule has 0 fully saturated rings. The van der Waals surface area contributed by atoms with Gasteiger partial charge in [-0.3, -0.25) is 9.59 Å². The number of carbonyl (C=O) groups is 1. The molecule has 3 N–H and O–H groups in total. The van der Waals surface area contributed by atoms with Crippen LogP contribution in [0.2, 0.25) is 0 Å². The molecular formula is C24H23N5O4. The van der Waals surface area contributed by atoms with Crippen LogP contribution in [0.5, 0.6) is 5.75 Å². The third-order valence-corrected chi connectivity index (χ3v) is 5.14. The predicted octanol–water partition coefficient (Wildman–Crippen LogP) is 4.26. The number of allylic oxidation sites excluding steroid dienone is 1. The van der Waals surface area contributed by atoms with Gasteiger partial charge in [0.1, 0.15) is 17.0 Å². The van der Waals surface area contributed by atoms with Crippen LogP contribution in [0.1, 0.15) is 48.5 Å². The van der Waals surface area contributed by atoms with Crippen LogP contribution in [-0.4, -0.2) is 26.4 Å². The number of hydrogen-bond donors (Lipinski definition) is 2. The van der Waals surface area contributed by atoms with E-state index in [9.17, 15) is 9.59 Å². The van der Waals surface area contributed by atoms with Crippen molar-refractivity contribution in [2.24, 2.45) is 0 Å². The first kappa shape index (κ1) is 21.9. The SMILES string of the molecule is CCCCC/C=C/Oc1ccc(C(=O)c2cccc3oc(-c4nn[nH]n4)c(N)c(=O)c23)cc1. The van der Waals surface area contributed by atoms with Gasteiger partial charge in [0.15, 0.2) is 5.78 Å². The van der Waals surface area contributed by atoms with Crippen LogP contribution >= 0.6 is 0 Å². The number of ether oxygens (including phenoxy) is 1. The zero-order valence-corrected chi connectivity index (χ0v) is 18.1. The smallest absolute Gasteiger partial charge is 0.242 e. The van der Waals surface area contributed by atoms with Crippen LogP contribution in [0.4, 0.5) is 5.69 Å².